The van der Waals surface area contributed by atoms with Crippen molar-refractivity contribution in [1.29, 1.82) is 0 Å². The van der Waals surface area contributed by atoms with Crippen LogP contribution >= 0.6 is 11.3 Å². The largest absolute Gasteiger partial charge is 0.484 e. The molecule has 0 radical (unpaired) electrons. The van der Waals surface area contributed by atoms with Crippen molar-refractivity contribution in [3.05, 3.63) is 41.1 Å². The van der Waals surface area contributed by atoms with E-state index >= 15 is 0 Å². The van der Waals surface area contributed by atoms with Crippen LogP contribution in [0.3, 0.4) is 0 Å². The van der Waals surface area contributed by atoms with Gasteiger partial charge in [-0.05, 0) is 38.3 Å². The Hall–Kier alpha value is -2.41. The molecule has 24 heavy (non-hydrogen) atoms. The van der Waals surface area contributed by atoms with Crippen LogP contribution in [-0.4, -0.2) is 21.9 Å². The number of thiazole rings is 1. The average molecular weight is 343 g/mol. The maximum atomic E-state index is 12.0. The number of aryl methyl sites for hydroxylation is 1. The number of nitrogens with zero attached hydrogens (tertiary/aromatic N) is 2. The van der Waals surface area contributed by atoms with E-state index in [0.29, 0.717) is 17.3 Å². The summed E-state index contributed by atoms with van der Waals surface area (Å²) in [7, 11) is 0. The molecule has 0 bridgehead atoms. The van der Waals surface area contributed by atoms with Gasteiger partial charge < -0.3 is 14.5 Å². The van der Waals surface area contributed by atoms with Crippen molar-refractivity contribution in [1.82, 2.24) is 15.3 Å². The Morgan fingerprint density at radius 1 is 1.42 bits per heavy atom. The maximum Gasteiger partial charge on any atom is 0.273 e. The van der Waals surface area contributed by atoms with Gasteiger partial charge in [0, 0.05) is 12.1 Å². The molecule has 1 saturated carbocycles. The monoisotopic (exact) mass is 343 g/mol. The standard InChI is InChI=1S/C17H17N3O3S/c1-10-18-13-7-12(5-6-15(13)24-10)22-9-16-20-14(8-23-16)17(21)19-11-3-2-4-11/h5-8,11H,2-4,9H2,1H3,(H,19,21). The van der Waals surface area contributed by atoms with Crippen molar-refractivity contribution >= 4 is 27.5 Å². The van der Waals surface area contributed by atoms with E-state index in [1.807, 2.05) is 25.1 Å². The number of ether oxygens (including phenoxy) is 1. The first-order valence-electron chi connectivity index (χ1n) is 7.92. The molecule has 2 heterocycles. The molecule has 0 aliphatic heterocycles. The third kappa shape index (κ3) is 3.12. The topological polar surface area (TPSA) is 77.2 Å². The van der Waals surface area contributed by atoms with Gasteiger partial charge in [0.05, 0.1) is 15.2 Å². The van der Waals surface area contributed by atoms with Gasteiger partial charge in [0.2, 0.25) is 5.89 Å². The molecule has 0 spiro atoms. The Kier molecular flexibility index (Phi) is 3.93. The van der Waals surface area contributed by atoms with Gasteiger partial charge in [-0.15, -0.1) is 11.3 Å². The van der Waals surface area contributed by atoms with Crippen LogP contribution in [0.15, 0.2) is 28.9 Å². The van der Waals surface area contributed by atoms with Gasteiger partial charge in [0.15, 0.2) is 12.3 Å². The van der Waals surface area contributed by atoms with Crippen molar-refractivity contribution in [3.63, 3.8) is 0 Å². The zero-order valence-corrected chi connectivity index (χ0v) is 14.1. The average Bonchev–Trinajstić information content (AvgIpc) is 3.13. The maximum absolute atomic E-state index is 12.0. The van der Waals surface area contributed by atoms with Crippen molar-refractivity contribution in [2.24, 2.45) is 0 Å². The molecule has 1 aliphatic rings. The Balaban J connectivity index is 1.38. The van der Waals surface area contributed by atoms with E-state index in [9.17, 15) is 4.79 Å². The van der Waals surface area contributed by atoms with E-state index < -0.39 is 0 Å². The predicted molar refractivity (Wildman–Crippen MR) is 90.3 cm³/mol. The number of fused-ring (bicyclic) bond motifs is 1. The van der Waals surface area contributed by atoms with Gasteiger partial charge in [-0.1, -0.05) is 0 Å². The Bertz CT molecular complexity index is 882. The molecular weight excluding hydrogens is 326 g/mol. The molecule has 1 fully saturated rings. The van der Waals surface area contributed by atoms with E-state index in [0.717, 1.165) is 28.1 Å². The normalized spacial score (nSPS) is 14.5. The summed E-state index contributed by atoms with van der Waals surface area (Å²) in [5, 5.41) is 3.96. The minimum Gasteiger partial charge on any atom is -0.484 e. The van der Waals surface area contributed by atoms with E-state index in [4.69, 9.17) is 9.15 Å². The molecule has 4 rings (SSSR count). The van der Waals surface area contributed by atoms with Gasteiger partial charge >= 0.3 is 0 Å². The molecule has 0 unspecified atom stereocenters. The molecule has 1 amide bonds. The molecule has 1 aliphatic carbocycles. The summed E-state index contributed by atoms with van der Waals surface area (Å²) in [6, 6.07) is 6.06. The number of oxazole rings is 1. The zero-order chi connectivity index (χ0) is 16.5. The molecule has 1 aromatic carbocycles. The fourth-order valence-electron chi connectivity index (χ4n) is 2.55. The number of benzene rings is 1. The summed E-state index contributed by atoms with van der Waals surface area (Å²) in [4.78, 5) is 20.6. The fourth-order valence-corrected chi connectivity index (χ4v) is 3.36. The van der Waals surface area contributed by atoms with Crippen LogP contribution in [0.25, 0.3) is 10.2 Å². The molecule has 3 aromatic rings. The van der Waals surface area contributed by atoms with Crippen LogP contribution < -0.4 is 10.1 Å². The molecule has 1 N–H and O–H groups in total. The van der Waals surface area contributed by atoms with Crippen molar-refractivity contribution in [2.45, 2.75) is 38.8 Å². The van der Waals surface area contributed by atoms with Crippen LogP contribution in [0.1, 0.15) is 40.6 Å². The Morgan fingerprint density at radius 2 is 2.29 bits per heavy atom. The van der Waals surface area contributed by atoms with E-state index in [1.165, 1.54) is 12.7 Å². The minimum atomic E-state index is -0.186. The summed E-state index contributed by atoms with van der Waals surface area (Å²) < 4.78 is 12.1. The smallest absolute Gasteiger partial charge is 0.273 e. The summed E-state index contributed by atoms with van der Waals surface area (Å²) in [5.74, 6) is 0.892. The number of hydrogen-bond donors (Lipinski definition) is 1. The van der Waals surface area contributed by atoms with Gasteiger partial charge in [0.25, 0.3) is 5.91 Å². The van der Waals surface area contributed by atoms with Gasteiger partial charge in [-0.3, -0.25) is 4.79 Å². The van der Waals surface area contributed by atoms with Crippen molar-refractivity contribution in [2.75, 3.05) is 0 Å². The highest BCUT2D eigenvalue weighted by Crippen LogP contribution is 2.26. The highest BCUT2D eigenvalue weighted by atomic mass is 32.1. The highest BCUT2D eigenvalue weighted by Gasteiger charge is 2.21. The number of nitrogens with one attached hydrogen (secondary N) is 1. The third-order valence-electron chi connectivity index (χ3n) is 4.05. The van der Waals surface area contributed by atoms with Gasteiger partial charge in [0.1, 0.15) is 12.0 Å². The van der Waals surface area contributed by atoms with Crippen LogP contribution in [0, 0.1) is 6.92 Å². The lowest BCUT2D eigenvalue weighted by Crippen LogP contribution is -2.39. The fraction of sp³-hybridized carbons (Fsp3) is 0.353. The molecule has 124 valence electrons. The molecule has 6 nitrogen and oxygen atoms in total. The second-order valence-electron chi connectivity index (χ2n) is 5.88. The zero-order valence-electron chi connectivity index (χ0n) is 13.2. The number of hydrogen-bond acceptors (Lipinski definition) is 6. The molecule has 2 aromatic heterocycles. The van der Waals surface area contributed by atoms with Crippen molar-refractivity contribution < 1.29 is 13.9 Å². The Morgan fingerprint density at radius 3 is 3.08 bits per heavy atom. The number of carbonyl (C=O) groups excluding carboxylic acids is 1. The third-order valence-corrected chi connectivity index (χ3v) is 5.00. The lowest BCUT2D eigenvalue weighted by molar-refractivity contribution is 0.0911. The van der Waals surface area contributed by atoms with Crippen LogP contribution in [0.2, 0.25) is 0 Å². The number of rotatable bonds is 5. The summed E-state index contributed by atoms with van der Waals surface area (Å²) in [6.07, 6.45) is 4.63. The second-order valence-corrected chi connectivity index (χ2v) is 7.11. The number of carbonyl (C=O) groups is 1. The molecule has 0 saturated heterocycles. The van der Waals surface area contributed by atoms with E-state index in [2.05, 4.69) is 15.3 Å². The molecule has 7 heteroatoms. The lowest BCUT2D eigenvalue weighted by Gasteiger charge is -2.25. The van der Waals surface area contributed by atoms with Gasteiger partial charge in [-0.25, -0.2) is 9.97 Å². The summed E-state index contributed by atoms with van der Waals surface area (Å²) in [6.45, 7) is 2.15. The summed E-state index contributed by atoms with van der Waals surface area (Å²) >= 11 is 1.65. The Labute approximate surface area is 142 Å². The van der Waals surface area contributed by atoms with E-state index in [1.54, 1.807) is 11.3 Å². The number of aromatic nitrogens is 2. The first-order chi connectivity index (χ1) is 11.7. The van der Waals surface area contributed by atoms with Gasteiger partial charge in [-0.2, -0.15) is 0 Å². The van der Waals surface area contributed by atoms with E-state index in [-0.39, 0.29) is 18.6 Å². The second kappa shape index (κ2) is 6.24. The lowest BCUT2D eigenvalue weighted by atomic mass is 9.93. The highest BCUT2D eigenvalue weighted by molar-refractivity contribution is 7.18. The number of amides is 1. The first-order valence-corrected chi connectivity index (χ1v) is 8.74. The van der Waals surface area contributed by atoms with Crippen LogP contribution in [0.4, 0.5) is 0 Å². The SMILES string of the molecule is Cc1nc2cc(OCc3nc(C(=O)NC4CCC4)co3)ccc2s1. The van der Waals surface area contributed by atoms with Crippen molar-refractivity contribution in [3.8, 4) is 5.75 Å². The quantitative estimate of drug-likeness (QED) is 0.768. The van der Waals surface area contributed by atoms with Crippen LogP contribution in [0.5, 0.6) is 5.75 Å². The molecule has 0 atom stereocenters. The predicted octanol–water partition coefficient (Wildman–Crippen LogP) is 3.45. The minimum absolute atomic E-state index is 0.172. The molecular formula is C17H17N3O3S. The summed E-state index contributed by atoms with van der Waals surface area (Å²) in [5.41, 5.74) is 1.22. The first kappa shape index (κ1) is 15.1. The van der Waals surface area contributed by atoms with Crippen LogP contribution in [-0.2, 0) is 6.61 Å².